The molecule has 0 radical (unpaired) electrons. The van der Waals surface area contributed by atoms with Gasteiger partial charge in [0, 0.05) is 11.5 Å². The number of rotatable bonds is 6. The van der Waals surface area contributed by atoms with E-state index in [4.69, 9.17) is 15.2 Å². The number of benzene rings is 4. The van der Waals surface area contributed by atoms with Crippen LogP contribution in [0.25, 0.3) is 0 Å². The number of aryl methyl sites for hydroxylation is 2. The lowest BCUT2D eigenvalue weighted by molar-refractivity contribution is 0.0697. The summed E-state index contributed by atoms with van der Waals surface area (Å²) in [6.07, 6.45) is 2.99. The van der Waals surface area contributed by atoms with Crippen molar-refractivity contribution in [3.63, 3.8) is 0 Å². The number of phenols is 1. The minimum Gasteiger partial charge on any atom is -0.506 e. The molecule has 6 nitrogen and oxygen atoms in total. The molecule has 2 aliphatic rings. The van der Waals surface area contributed by atoms with Gasteiger partial charge < -0.3 is 25.4 Å². The summed E-state index contributed by atoms with van der Waals surface area (Å²) in [4.78, 5) is 11.3. The first kappa shape index (κ1) is 28.7. The first-order valence-electron chi connectivity index (χ1n) is 14.9. The van der Waals surface area contributed by atoms with E-state index in [-0.39, 0.29) is 27.6 Å². The van der Waals surface area contributed by atoms with Crippen molar-refractivity contribution in [2.24, 2.45) is 0 Å². The van der Waals surface area contributed by atoms with E-state index >= 15 is 0 Å². The van der Waals surface area contributed by atoms with Crippen LogP contribution in [-0.4, -0.2) is 16.2 Å². The van der Waals surface area contributed by atoms with Crippen LogP contribution >= 0.6 is 0 Å². The number of carboxylic acid groups (broad SMARTS) is 1. The van der Waals surface area contributed by atoms with Crippen molar-refractivity contribution in [1.82, 2.24) is 0 Å². The number of anilines is 1. The summed E-state index contributed by atoms with van der Waals surface area (Å²) in [6.45, 7) is 13.4. The molecule has 0 aliphatic heterocycles. The molecule has 0 fully saturated rings. The van der Waals surface area contributed by atoms with Crippen LogP contribution in [0.15, 0.2) is 66.7 Å². The number of aromatic hydroxyl groups is 1. The minimum absolute atomic E-state index is 0.00383. The molecular formula is C37H39NO5. The highest BCUT2D eigenvalue weighted by Gasteiger charge is 2.57. The lowest BCUT2D eigenvalue weighted by Crippen LogP contribution is -2.27. The largest absolute Gasteiger partial charge is 0.506 e. The third-order valence-corrected chi connectivity index (χ3v) is 9.82. The third-order valence-electron chi connectivity index (χ3n) is 9.82. The van der Waals surface area contributed by atoms with Gasteiger partial charge in [0.15, 0.2) is 0 Å². The average Bonchev–Trinajstić information content (AvgIpc) is 3.32. The second-order valence-corrected chi connectivity index (χ2v) is 13.3. The van der Waals surface area contributed by atoms with Gasteiger partial charge in [-0.05, 0) is 126 Å². The molecule has 0 saturated carbocycles. The standard InChI is InChI=1S/C37H39NO5/c1-7-36(6)20-37(29-18-33(21(2)14-27(29)36)43-25-12-13-30(38)31(39)16-25)19-35(4,5)26-17-32(22(3)15-28(26)37)42-24-10-8-23(9-11-24)34(40)41/h8-18,39H,7,19-20,38H2,1-6H3,(H,40,41). The Labute approximate surface area is 253 Å². The molecule has 2 unspecified atom stereocenters. The molecule has 6 rings (SSSR count). The molecule has 0 aromatic heterocycles. The quantitative estimate of drug-likeness (QED) is 0.156. The smallest absolute Gasteiger partial charge is 0.335 e. The molecular weight excluding hydrogens is 538 g/mol. The number of phenolic OH excluding ortho intramolecular Hbond substituents is 1. The van der Waals surface area contributed by atoms with E-state index in [1.54, 1.807) is 42.5 Å². The second-order valence-electron chi connectivity index (χ2n) is 13.3. The highest BCUT2D eigenvalue weighted by molar-refractivity contribution is 5.87. The van der Waals surface area contributed by atoms with Gasteiger partial charge in [-0.3, -0.25) is 0 Å². The maximum atomic E-state index is 11.3. The van der Waals surface area contributed by atoms with E-state index in [2.05, 4.69) is 65.8 Å². The van der Waals surface area contributed by atoms with Gasteiger partial charge in [0.2, 0.25) is 0 Å². The molecule has 0 bridgehead atoms. The number of aromatic carboxylic acids is 1. The van der Waals surface area contributed by atoms with Crippen LogP contribution in [0.2, 0.25) is 0 Å². The number of carbonyl (C=O) groups is 1. The molecule has 4 aromatic rings. The molecule has 1 spiro atoms. The van der Waals surface area contributed by atoms with Gasteiger partial charge in [-0.15, -0.1) is 0 Å². The molecule has 2 aliphatic carbocycles. The Kier molecular flexibility index (Phi) is 6.53. The van der Waals surface area contributed by atoms with Crippen LogP contribution in [-0.2, 0) is 16.2 Å². The molecule has 4 N–H and O–H groups in total. The maximum absolute atomic E-state index is 11.3. The number of carboxylic acids is 1. The van der Waals surface area contributed by atoms with E-state index < -0.39 is 5.97 Å². The summed E-state index contributed by atoms with van der Waals surface area (Å²) >= 11 is 0. The van der Waals surface area contributed by atoms with Gasteiger partial charge in [0.25, 0.3) is 0 Å². The lowest BCUT2D eigenvalue weighted by atomic mass is 9.71. The molecule has 222 valence electrons. The molecule has 2 atom stereocenters. The fourth-order valence-corrected chi connectivity index (χ4v) is 7.47. The van der Waals surface area contributed by atoms with Gasteiger partial charge in [-0.2, -0.15) is 0 Å². The van der Waals surface area contributed by atoms with Gasteiger partial charge in [0.1, 0.15) is 28.7 Å². The number of hydrogen-bond acceptors (Lipinski definition) is 5. The summed E-state index contributed by atoms with van der Waals surface area (Å²) in [5.41, 5.74) is 13.4. The van der Waals surface area contributed by atoms with Crippen molar-refractivity contribution in [2.45, 2.75) is 77.0 Å². The topological polar surface area (TPSA) is 102 Å². The summed E-state index contributed by atoms with van der Waals surface area (Å²) < 4.78 is 12.7. The van der Waals surface area contributed by atoms with Crippen LogP contribution in [0.3, 0.4) is 0 Å². The van der Waals surface area contributed by atoms with E-state index in [9.17, 15) is 15.0 Å². The summed E-state index contributed by atoms with van der Waals surface area (Å²) in [5.74, 6) is 1.74. The van der Waals surface area contributed by atoms with Crippen molar-refractivity contribution >= 4 is 11.7 Å². The van der Waals surface area contributed by atoms with Crippen molar-refractivity contribution in [1.29, 1.82) is 0 Å². The molecule has 4 aromatic carbocycles. The first-order valence-corrected chi connectivity index (χ1v) is 14.9. The van der Waals surface area contributed by atoms with Crippen molar-refractivity contribution in [3.8, 4) is 28.7 Å². The summed E-state index contributed by atoms with van der Waals surface area (Å²) in [5, 5.41) is 19.4. The zero-order valence-electron chi connectivity index (χ0n) is 25.7. The fraction of sp³-hybridized carbons (Fsp3) is 0.324. The Morgan fingerprint density at radius 1 is 0.791 bits per heavy atom. The van der Waals surface area contributed by atoms with E-state index in [0.29, 0.717) is 17.2 Å². The van der Waals surface area contributed by atoms with Gasteiger partial charge in [-0.1, -0.05) is 39.8 Å². The molecule has 0 saturated heterocycles. The van der Waals surface area contributed by atoms with Crippen LogP contribution in [0.1, 0.15) is 90.7 Å². The SMILES string of the molecule is CCC1(C)CC2(CC(C)(C)c3cc(Oc4ccc(C(=O)O)cc4)c(C)cc32)c2cc(Oc3ccc(N)c(O)c3)c(C)cc21. The summed E-state index contributed by atoms with van der Waals surface area (Å²) in [6, 6.07) is 20.5. The predicted molar refractivity (Wildman–Crippen MR) is 169 cm³/mol. The number of ether oxygens (including phenoxy) is 2. The number of nitrogens with two attached hydrogens (primary N) is 1. The van der Waals surface area contributed by atoms with E-state index in [1.165, 1.54) is 22.3 Å². The van der Waals surface area contributed by atoms with E-state index in [0.717, 1.165) is 41.9 Å². The predicted octanol–water partition coefficient (Wildman–Crippen LogP) is 8.91. The third kappa shape index (κ3) is 4.60. The van der Waals surface area contributed by atoms with E-state index in [1.807, 2.05) is 0 Å². The number of hydrogen-bond donors (Lipinski definition) is 3. The van der Waals surface area contributed by atoms with Crippen molar-refractivity contribution < 1.29 is 24.5 Å². The highest BCUT2D eigenvalue weighted by Crippen LogP contribution is 2.64. The first-order chi connectivity index (χ1) is 20.3. The Morgan fingerprint density at radius 2 is 1.35 bits per heavy atom. The zero-order chi connectivity index (χ0) is 30.9. The molecule has 6 heteroatoms. The Bertz CT molecular complexity index is 1770. The maximum Gasteiger partial charge on any atom is 0.335 e. The van der Waals surface area contributed by atoms with Gasteiger partial charge >= 0.3 is 5.97 Å². The average molecular weight is 578 g/mol. The van der Waals surface area contributed by atoms with Crippen LogP contribution in [0, 0.1) is 13.8 Å². The van der Waals surface area contributed by atoms with Crippen LogP contribution in [0.5, 0.6) is 28.7 Å². The molecule has 0 amide bonds. The van der Waals surface area contributed by atoms with Crippen molar-refractivity contribution in [2.75, 3.05) is 5.73 Å². The molecule has 0 heterocycles. The monoisotopic (exact) mass is 577 g/mol. The Balaban J connectivity index is 1.46. The number of nitrogen functional groups attached to an aromatic ring is 1. The number of fused-ring (bicyclic) bond motifs is 4. The van der Waals surface area contributed by atoms with Gasteiger partial charge in [-0.25, -0.2) is 4.79 Å². The van der Waals surface area contributed by atoms with Gasteiger partial charge in [0.05, 0.1) is 11.3 Å². The Hall–Kier alpha value is -4.45. The zero-order valence-corrected chi connectivity index (χ0v) is 25.7. The van der Waals surface area contributed by atoms with Crippen LogP contribution in [0.4, 0.5) is 5.69 Å². The van der Waals surface area contributed by atoms with Crippen LogP contribution < -0.4 is 15.2 Å². The second kappa shape index (κ2) is 9.80. The minimum atomic E-state index is -0.960. The summed E-state index contributed by atoms with van der Waals surface area (Å²) in [7, 11) is 0. The normalized spacial score (nSPS) is 21.4. The molecule has 43 heavy (non-hydrogen) atoms. The fourth-order valence-electron chi connectivity index (χ4n) is 7.47. The highest BCUT2D eigenvalue weighted by atomic mass is 16.5. The van der Waals surface area contributed by atoms with Crippen molar-refractivity contribution in [3.05, 3.63) is 106 Å². The Morgan fingerprint density at radius 3 is 1.95 bits per heavy atom. The lowest BCUT2D eigenvalue weighted by Gasteiger charge is -2.31.